The van der Waals surface area contributed by atoms with Gasteiger partial charge in [-0.15, -0.1) is 0 Å². The normalized spacial score (nSPS) is 19.8. The third-order valence-electron chi connectivity index (χ3n) is 2.75. The van der Waals surface area contributed by atoms with E-state index in [1.165, 1.54) is 11.2 Å². The van der Waals surface area contributed by atoms with E-state index in [0.717, 1.165) is 0 Å². The van der Waals surface area contributed by atoms with Crippen molar-refractivity contribution in [2.45, 2.75) is 12.5 Å². The first kappa shape index (κ1) is 13.1. The Labute approximate surface area is 112 Å². The van der Waals surface area contributed by atoms with Crippen LogP contribution in [0.5, 0.6) is 0 Å². The third kappa shape index (κ3) is 2.73. The first-order valence-corrected chi connectivity index (χ1v) is 6.22. The molecule has 1 atom stereocenters. The highest BCUT2D eigenvalue weighted by Gasteiger charge is 2.31. The van der Waals surface area contributed by atoms with Crippen LogP contribution < -0.4 is 0 Å². The number of hydrogen-bond donors (Lipinski definition) is 1. The molecule has 1 aromatic heterocycles. The number of carbonyl (C=O) groups excluding carboxylic acids is 1. The molecule has 0 radical (unpaired) electrons. The van der Waals surface area contributed by atoms with Gasteiger partial charge in [-0.1, -0.05) is 0 Å². The Morgan fingerprint density at radius 1 is 1.56 bits per heavy atom. The molecule has 1 saturated heterocycles. The summed E-state index contributed by atoms with van der Waals surface area (Å²) in [6.45, 7) is 1.04. The summed E-state index contributed by atoms with van der Waals surface area (Å²) in [5.41, 5.74) is 0.396. The highest BCUT2D eigenvalue weighted by Crippen LogP contribution is 2.22. The van der Waals surface area contributed by atoms with Crippen molar-refractivity contribution in [3.8, 4) is 0 Å². The average molecular weight is 318 g/mol. The fraction of sp³-hybridized carbons (Fsp3) is 0.455. The summed E-state index contributed by atoms with van der Waals surface area (Å²) >= 11 is 3.14. The Morgan fingerprint density at radius 3 is 2.94 bits per heavy atom. The van der Waals surface area contributed by atoms with Crippen LogP contribution in [-0.2, 0) is 9.53 Å². The third-order valence-corrected chi connectivity index (χ3v) is 3.36. The predicted octanol–water partition coefficient (Wildman–Crippen LogP) is 1.36. The van der Waals surface area contributed by atoms with Gasteiger partial charge in [0.25, 0.3) is 5.91 Å². The number of hydrogen-bond acceptors (Lipinski definition) is 4. The van der Waals surface area contributed by atoms with Crippen LogP contribution in [0.2, 0.25) is 0 Å². The summed E-state index contributed by atoms with van der Waals surface area (Å²) in [7, 11) is 0. The van der Waals surface area contributed by atoms with E-state index in [1.807, 2.05) is 0 Å². The molecule has 1 N–H and O–H groups in total. The molecule has 2 heterocycles. The summed E-state index contributed by atoms with van der Waals surface area (Å²) in [4.78, 5) is 24.5. The van der Waals surface area contributed by atoms with Crippen molar-refractivity contribution in [2.75, 3.05) is 19.8 Å². The highest BCUT2D eigenvalue weighted by molar-refractivity contribution is 9.10. The Balaban J connectivity index is 2.16. The predicted molar refractivity (Wildman–Crippen MR) is 64.3 cm³/mol. The number of ether oxygens (including phenoxy) is 1. The lowest BCUT2D eigenvalue weighted by Crippen LogP contribution is -2.49. The lowest BCUT2D eigenvalue weighted by Gasteiger charge is -2.34. The second-order valence-electron chi connectivity index (χ2n) is 3.93. The van der Waals surface area contributed by atoms with Crippen LogP contribution in [0.1, 0.15) is 16.8 Å². The van der Waals surface area contributed by atoms with Gasteiger partial charge in [-0.25, -0.2) is 0 Å². The van der Waals surface area contributed by atoms with Gasteiger partial charge in [0.15, 0.2) is 4.67 Å². The maximum Gasteiger partial charge on any atom is 0.305 e. The van der Waals surface area contributed by atoms with Crippen LogP contribution in [0, 0.1) is 0 Å². The Bertz CT molecular complexity index is 458. The maximum atomic E-state index is 12.3. The molecule has 98 valence electrons. The van der Waals surface area contributed by atoms with Crippen molar-refractivity contribution in [1.29, 1.82) is 0 Å². The minimum atomic E-state index is -0.949. The molecule has 7 heteroatoms. The second-order valence-corrected chi connectivity index (χ2v) is 4.65. The zero-order valence-corrected chi connectivity index (χ0v) is 11.1. The van der Waals surface area contributed by atoms with E-state index in [9.17, 15) is 9.59 Å². The molecule has 0 aliphatic carbocycles. The van der Waals surface area contributed by atoms with Crippen LogP contribution in [0.3, 0.4) is 0 Å². The van der Waals surface area contributed by atoms with E-state index in [4.69, 9.17) is 14.3 Å². The first-order chi connectivity index (χ1) is 8.59. The smallest absolute Gasteiger partial charge is 0.305 e. The van der Waals surface area contributed by atoms with Crippen LogP contribution >= 0.6 is 15.9 Å². The lowest BCUT2D eigenvalue weighted by atomic mass is 10.1. The Hall–Kier alpha value is -1.34. The second kappa shape index (κ2) is 5.53. The molecule has 18 heavy (non-hydrogen) atoms. The number of rotatable bonds is 3. The largest absolute Gasteiger partial charge is 0.481 e. The molecular formula is C11H12BrNO5. The molecular weight excluding hydrogens is 306 g/mol. The fourth-order valence-corrected chi connectivity index (χ4v) is 2.30. The number of amides is 1. The monoisotopic (exact) mass is 317 g/mol. The number of carboxylic acids is 1. The number of aliphatic carboxylic acids is 1. The van der Waals surface area contributed by atoms with Gasteiger partial charge in [-0.3, -0.25) is 9.59 Å². The van der Waals surface area contributed by atoms with Gasteiger partial charge in [-0.05, 0) is 22.0 Å². The summed E-state index contributed by atoms with van der Waals surface area (Å²) in [5.74, 6) is -1.19. The van der Waals surface area contributed by atoms with Gasteiger partial charge in [-0.2, -0.15) is 0 Å². The van der Waals surface area contributed by atoms with Crippen LogP contribution in [0.15, 0.2) is 21.4 Å². The van der Waals surface area contributed by atoms with Crippen molar-refractivity contribution < 1.29 is 23.8 Å². The SMILES string of the molecule is O=C(O)CC1COCCN1C(=O)c1ccoc1Br. The van der Waals surface area contributed by atoms with E-state index in [0.29, 0.717) is 23.4 Å². The summed E-state index contributed by atoms with van der Waals surface area (Å²) in [6.07, 6.45) is 1.28. The standard InChI is InChI=1S/C11H12BrNO5/c12-10-8(1-3-18-10)11(16)13-2-4-17-6-7(13)5-9(14)15/h1,3,7H,2,4-6H2,(H,14,15). The van der Waals surface area contributed by atoms with Crippen LogP contribution in [-0.4, -0.2) is 47.7 Å². The quantitative estimate of drug-likeness (QED) is 0.910. The van der Waals surface area contributed by atoms with E-state index in [2.05, 4.69) is 15.9 Å². The van der Waals surface area contributed by atoms with Crippen LogP contribution in [0.25, 0.3) is 0 Å². The lowest BCUT2D eigenvalue weighted by molar-refractivity contribution is -0.139. The van der Waals surface area contributed by atoms with Crippen molar-refractivity contribution in [3.63, 3.8) is 0 Å². The van der Waals surface area contributed by atoms with Crippen molar-refractivity contribution >= 4 is 27.8 Å². The van der Waals surface area contributed by atoms with Crippen molar-refractivity contribution in [3.05, 3.63) is 22.6 Å². The molecule has 1 fully saturated rings. The number of furan rings is 1. The van der Waals surface area contributed by atoms with Crippen molar-refractivity contribution in [1.82, 2.24) is 4.90 Å². The van der Waals surface area contributed by atoms with Crippen molar-refractivity contribution in [2.24, 2.45) is 0 Å². The van der Waals surface area contributed by atoms with Gasteiger partial charge in [0.05, 0.1) is 37.5 Å². The molecule has 1 aliphatic heterocycles. The zero-order valence-electron chi connectivity index (χ0n) is 9.47. The van der Waals surface area contributed by atoms with Gasteiger partial charge in [0.2, 0.25) is 0 Å². The topological polar surface area (TPSA) is 80.0 Å². The number of morpholine rings is 1. The minimum absolute atomic E-state index is 0.124. The molecule has 0 aromatic carbocycles. The summed E-state index contributed by atoms with van der Waals surface area (Å²) in [6, 6.07) is 1.12. The van der Waals surface area contributed by atoms with E-state index in [1.54, 1.807) is 6.07 Å². The van der Waals surface area contributed by atoms with E-state index < -0.39 is 12.0 Å². The van der Waals surface area contributed by atoms with Gasteiger partial charge < -0.3 is 19.2 Å². The van der Waals surface area contributed by atoms with Crippen LogP contribution in [0.4, 0.5) is 0 Å². The number of carbonyl (C=O) groups is 2. The van der Waals surface area contributed by atoms with E-state index >= 15 is 0 Å². The Morgan fingerprint density at radius 2 is 2.33 bits per heavy atom. The molecule has 0 saturated carbocycles. The molecule has 2 rings (SSSR count). The highest BCUT2D eigenvalue weighted by atomic mass is 79.9. The minimum Gasteiger partial charge on any atom is -0.481 e. The molecule has 1 aliphatic rings. The molecule has 6 nitrogen and oxygen atoms in total. The van der Waals surface area contributed by atoms with Gasteiger partial charge in [0, 0.05) is 6.54 Å². The molecule has 1 aromatic rings. The Kier molecular flexibility index (Phi) is 4.03. The molecule has 0 bridgehead atoms. The number of carboxylic acid groups (broad SMARTS) is 1. The van der Waals surface area contributed by atoms with Gasteiger partial charge >= 0.3 is 5.97 Å². The maximum absolute atomic E-state index is 12.3. The average Bonchev–Trinajstić information content (AvgIpc) is 2.74. The van der Waals surface area contributed by atoms with E-state index in [-0.39, 0.29) is 18.9 Å². The summed E-state index contributed by atoms with van der Waals surface area (Å²) < 4.78 is 10.6. The zero-order chi connectivity index (χ0) is 13.1. The van der Waals surface area contributed by atoms with Gasteiger partial charge in [0.1, 0.15) is 0 Å². The molecule has 0 spiro atoms. The molecule has 1 amide bonds. The fourth-order valence-electron chi connectivity index (χ4n) is 1.89. The number of nitrogens with zero attached hydrogens (tertiary/aromatic N) is 1. The summed E-state index contributed by atoms with van der Waals surface area (Å²) in [5, 5.41) is 8.83. The first-order valence-electron chi connectivity index (χ1n) is 5.43. The number of halogens is 1. The molecule has 1 unspecified atom stereocenters.